The topological polar surface area (TPSA) is 0 Å². The summed E-state index contributed by atoms with van der Waals surface area (Å²) < 4.78 is 2.88. The highest BCUT2D eigenvalue weighted by atomic mass is 32.1. The van der Waals surface area contributed by atoms with Crippen LogP contribution in [0.1, 0.15) is 25.3 Å². The molecule has 0 saturated carbocycles. The highest BCUT2D eigenvalue weighted by molar-refractivity contribution is 7.26. The quantitative estimate of drug-likeness (QED) is 0.381. The molecule has 0 saturated heterocycles. The Morgan fingerprint density at radius 3 is 2.30 bits per heavy atom. The number of fused-ring (bicyclic) bond motifs is 5. The molecular formula is C19H16S. The molecule has 0 aliphatic rings. The van der Waals surface area contributed by atoms with Crippen molar-refractivity contribution in [2.45, 2.75) is 19.8 Å². The van der Waals surface area contributed by atoms with Crippen molar-refractivity contribution in [1.29, 1.82) is 0 Å². The Kier molecular flexibility index (Phi) is 2.58. The van der Waals surface area contributed by atoms with E-state index in [-0.39, 0.29) is 0 Å². The first kappa shape index (κ1) is 11.9. The normalized spacial score (nSPS) is 11.9. The second-order valence-corrected chi connectivity index (χ2v) is 6.66. The van der Waals surface area contributed by atoms with Crippen LogP contribution in [0, 0.1) is 0 Å². The zero-order valence-electron chi connectivity index (χ0n) is 11.7. The van der Waals surface area contributed by atoms with Crippen LogP contribution in [0.2, 0.25) is 0 Å². The first-order chi connectivity index (χ1) is 9.75. The monoisotopic (exact) mass is 276 g/mol. The largest absolute Gasteiger partial charge is 0.134 e. The molecule has 4 aromatic rings. The van der Waals surface area contributed by atoms with Gasteiger partial charge in [-0.05, 0) is 22.3 Å². The standard InChI is InChI=1S/C19H16S/c1-12(2)14-8-5-9-16-17-11-10-13-6-3-4-7-15(13)19(17)20-18(14)16/h3-12H,1-2H3. The maximum absolute atomic E-state index is 2.28. The minimum absolute atomic E-state index is 0.568. The van der Waals surface area contributed by atoms with Crippen molar-refractivity contribution in [3.8, 4) is 0 Å². The molecule has 1 aromatic heterocycles. The van der Waals surface area contributed by atoms with Gasteiger partial charge in [0.1, 0.15) is 0 Å². The van der Waals surface area contributed by atoms with E-state index in [2.05, 4.69) is 68.4 Å². The Labute approximate surface area is 122 Å². The summed E-state index contributed by atoms with van der Waals surface area (Å²) in [6.07, 6.45) is 0. The number of hydrogen-bond donors (Lipinski definition) is 0. The maximum Gasteiger partial charge on any atom is 0.0433 e. The van der Waals surface area contributed by atoms with Crippen LogP contribution in [-0.4, -0.2) is 0 Å². The average Bonchev–Trinajstić information content (AvgIpc) is 2.86. The molecule has 0 spiro atoms. The van der Waals surface area contributed by atoms with E-state index in [1.807, 2.05) is 11.3 Å². The van der Waals surface area contributed by atoms with E-state index in [1.165, 1.54) is 36.5 Å². The first-order valence-corrected chi connectivity index (χ1v) is 7.90. The van der Waals surface area contributed by atoms with Gasteiger partial charge in [0, 0.05) is 20.2 Å². The van der Waals surface area contributed by atoms with Crippen LogP contribution in [0.15, 0.2) is 54.6 Å². The Balaban J connectivity index is 2.24. The lowest BCUT2D eigenvalue weighted by molar-refractivity contribution is 0.878. The fourth-order valence-corrected chi connectivity index (χ4v) is 4.50. The molecule has 4 rings (SSSR count). The number of hydrogen-bond acceptors (Lipinski definition) is 1. The van der Waals surface area contributed by atoms with Crippen LogP contribution >= 0.6 is 11.3 Å². The van der Waals surface area contributed by atoms with Gasteiger partial charge < -0.3 is 0 Å². The van der Waals surface area contributed by atoms with Gasteiger partial charge in [-0.15, -0.1) is 11.3 Å². The molecule has 0 N–H and O–H groups in total. The number of benzene rings is 3. The van der Waals surface area contributed by atoms with Crippen molar-refractivity contribution < 1.29 is 0 Å². The highest BCUT2D eigenvalue weighted by Gasteiger charge is 2.12. The molecule has 3 aromatic carbocycles. The van der Waals surface area contributed by atoms with Crippen molar-refractivity contribution in [2.75, 3.05) is 0 Å². The molecule has 0 aliphatic heterocycles. The predicted molar refractivity (Wildman–Crippen MR) is 90.9 cm³/mol. The SMILES string of the molecule is CC(C)c1cccc2c1sc1c3ccccc3ccc21. The minimum Gasteiger partial charge on any atom is -0.134 e. The Hall–Kier alpha value is -1.86. The van der Waals surface area contributed by atoms with Gasteiger partial charge in [0.25, 0.3) is 0 Å². The van der Waals surface area contributed by atoms with Crippen molar-refractivity contribution >= 4 is 42.3 Å². The number of rotatable bonds is 1. The van der Waals surface area contributed by atoms with Crippen LogP contribution in [0.5, 0.6) is 0 Å². The molecule has 0 nitrogen and oxygen atoms in total. The van der Waals surface area contributed by atoms with Crippen molar-refractivity contribution in [2.24, 2.45) is 0 Å². The smallest absolute Gasteiger partial charge is 0.0433 e. The molecule has 0 radical (unpaired) electrons. The molecular weight excluding hydrogens is 260 g/mol. The summed E-state index contributed by atoms with van der Waals surface area (Å²) in [4.78, 5) is 0. The second kappa shape index (κ2) is 4.32. The van der Waals surface area contributed by atoms with E-state index in [0.717, 1.165) is 0 Å². The van der Waals surface area contributed by atoms with Crippen LogP contribution in [-0.2, 0) is 0 Å². The van der Waals surface area contributed by atoms with E-state index in [4.69, 9.17) is 0 Å². The molecule has 0 amide bonds. The summed E-state index contributed by atoms with van der Waals surface area (Å²) in [7, 11) is 0. The molecule has 1 heteroatoms. The van der Waals surface area contributed by atoms with Crippen molar-refractivity contribution in [1.82, 2.24) is 0 Å². The van der Waals surface area contributed by atoms with E-state index < -0.39 is 0 Å². The zero-order chi connectivity index (χ0) is 13.7. The Morgan fingerprint density at radius 2 is 1.45 bits per heavy atom. The van der Waals surface area contributed by atoms with Gasteiger partial charge in [-0.1, -0.05) is 68.4 Å². The molecule has 0 fully saturated rings. The molecule has 98 valence electrons. The third-order valence-electron chi connectivity index (χ3n) is 4.04. The number of thiophene rings is 1. The Bertz CT molecular complexity index is 928. The van der Waals surface area contributed by atoms with Gasteiger partial charge in [0.2, 0.25) is 0 Å². The molecule has 0 bridgehead atoms. The van der Waals surface area contributed by atoms with Crippen molar-refractivity contribution in [3.63, 3.8) is 0 Å². The fraction of sp³-hybridized carbons (Fsp3) is 0.158. The van der Waals surface area contributed by atoms with Gasteiger partial charge in [0.05, 0.1) is 0 Å². The second-order valence-electron chi connectivity index (χ2n) is 5.64. The van der Waals surface area contributed by atoms with Crippen LogP contribution in [0.3, 0.4) is 0 Å². The van der Waals surface area contributed by atoms with Gasteiger partial charge >= 0.3 is 0 Å². The van der Waals surface area contributed by atoms with E-state index in [0.29, 0.717) is 5.92 Å². The van der Waals surface area contributed by atoms with Crippen LogP contribution in [0.25, 0.3) is 30.9 Å². The first-order valence-electron chi connectivity index (χ1n) is 7.08. The summed E-state index contributed by atoms with van der Waals surface area (Å²) in [6.45, 7) is 4.55. The summed E-state index contributed by atoms with van der Waals surface area (Å²) in [6, 6.07) is 19.9. The van der Waals surface area contributed by atoms with Gasteiger partial charge in [-0.2, -0.15) is 0 Å². The lowest BCUT2D eigenvalue weighted by atomic mass is 10.00. The lowest BCUT2D eigenvalue weighted by Gasteiger charge is -2.05. The predicted octanol–water partition coefficient (Wildman–Crippen LogP) is 6.33. The van der Waals surface area contributed by atoms with Crippen molar-refractivity contribution in [3.05, 3.63) is 60.2 Å². The Morgan fingerprint density at radius 1 is 0.700 bits per heavy atom. The molecule has 0 aliphatic carbocycles. The summed E-state index contributed by atoms with van der Waals surface area (Å²) in [5, 5.41) is 5.51. The van der Waals surface area contributed by atoms with E-state index in [1.54, 1.807) is 0 Å². The van der Waals surface area contributed by atoms with Crippen LogP contribution in [0.4, 0.5) is 0 Å². The van der Waals surface area contributed by atoms with E-state index in [9.17, 15) is 0 Å². The summed E-state index contributed by atoms with van der Waals surface area (Å²) in [5.74, 6) is 0.568. The molecule has 20 heavy (non-hydrogen) atoms. The molecule has 0 unspecified atom stereocenters. The highest BCUT2D eigenvalue weighted by Crippen LogP contribution is 2.41. The lowest BCUT2D eigenvalue weighted by Crippen LogP contribution is -1.85. The van der Waals surface area contributed by atoms with Gasteiger partial charge in [-0.25, -0.2) is 0 Å². The van der Waals surface area contributed by atoms with Gasteiger partial charge in [-0.3, -0.25) is 0 Å². The van der Waals surface area contributed by atoms with Crippen LogP contribution < -0.4 is 0 Å². The molecule has 1 heterocycles. The fourth-order valence-electron chi connectivity index (χ4n) is 3.00. The minimum atomic E-state index is 0.568. The maximum atomic E-state index is 2.28. The molecule has 0 atom stereocenters. The van der Waals surface area contributed by atoms with Gasteiger partial charge in [0.15, 0.2) is 0 Å². The van der Waals surface area contributed by atoms with E-state index >= 15 is 0 Å². The summed E-state index contributed by atoms with van der Waals surface area (Å²) >= 11 is 1.95. The zero-order valence-corrected chi connectivity index (χ0v) is 12.5. The average molecular weight is 276 g/mol. The summed E-state index contributed by atoms with van der Waals surface area (Å²) in [5.41, 5.74) is 1.47. The third kappa shape index (κ3) is 1.60. The third-order valence-corrected chi connectivity index (χ3v) is 5.35.